The smallest absolute Gasteiger partial charge is 0.254 e. The van der Waals surface area contributed by atoms with Crippen molar-refractivity contribution in [1.82, 2.24) is 24.5 Å². The molecule has 8 heteroatoms. The van der Waals surface area contributed by atoms with Crippen LogP contribution in [0.2, 0.25) is 0 Å². The number of aromatic nitrogens is 4. The van der Waals surface area contributed by atoms with E-state index in [0.717, 1.165) is 11.4 Å². The van der Waals surface area contributed by atoms with Crippen LogP contribution >= 0.6 is 0 Å². The fourth-order valence-corrected chi connectivity index (χ4v) is 3.27. The van der Waals surface area contributed by atoms with Crippen molar-refractivity contribution in [2.75, 3.05) is 26.3 Å². The van der Waals surface area contributed by atoms with Gasteiger partial charge in [-0.25, -0.2) is 4.98 Å². The van der Waals surface area contributed by atoms with Gasteiger partial charge in [-0.15, -0.1) is 0 Å². The number of nitrogens with zero attached hydrogens (tertiary/aromatic N) is 5. The van der Waals surface area contributed by atoms with E-state index in [0.29, 0.717) is 43.4 Å². The lowest BCUT2D eigenvalue weighted by atomic mass is 10.1. The maximum atomic E-state index is 13.0. The normalized spacial score (nSPS) is 17.3. The zero-order valence-corrected chi connectivity index (χ0v) is 15.3. The van der Waals surface area contributed by atoms with E-state index in [2.05, 4.69) is 15.1 Å². The number of fused-ring (bicyclic) bond motifs is 1. The van der Waals surface area contributed by atoms with Crippen LogP contribution in [0, 0.1) is 6.92 Å². The van der Waals surface area contributed by atoms with E-state index < -0.39 is 0 Å². The summed E-state index contributed by atoms with van der Waals surface area (Å²) in [5.74, 6) is 1.19. The highest BCUT2D eigenvalue weighted by Crippen LogP contribution is 2.24. The SMILES string of the molecule is CCOc1cccc(C(=O)N2CCOC(c3cc(C)nc4ncnn34)C2)c1. The maximum absolute atomic E-state index is 13.0. The van der Waals surface area contributed by atoms with Crippen molar-refractivity contribution >= 4 is 11.7 Å². The van der Waals surface area contributed by atoms with Gasteiger partial charge in [0.05, 0.1) is 25.5 Å². The molecule has 1 aliphatic rings. The molecule has 0 radical (unpaired) electrons. The zero-order chi connectivity index (χ0) is 18.8. The summed E-state index contributed by atoms with van der Waals surface area (Å²) in [7, 11) is 0. The number of carbonyl (C=O) groups is 1. The number of ether oxygens (including phenoxy) is 2. The molecular weight excluding hydrogens is 346 g/mol. The number of rotatable bonds is 4. The molecule has 140 valence electrons. The van der Waals surface area contributed by atoms with Gasteiger partial charge in [0.2, 0.25) is 0 Å². The molecule has 0 aliphatic carbocycles. The Hall–Kier alpha value is -3.00. The predicted molar refractivity (Wildman–Crippen MR) is 97.7 cm³/mol. The lowest BCUT2D eigenvalue weighted by molar-refractivity contribution is -0.0257. The van der Waals surface area contributed by atoms with Crippen LogP contribution in [-0.2, 0) is 4.74 Å². The third kappa shape index (κ3) is 3.48. The van der Waals surface area contributed by atoms with E-state index >= 15 is 0 Å². The molecule has 4 rings (SSSR count). The highest BCUT2D eigenvalue weighted by molar-refractivity contribution is 5.94. The summed E-state index contributed by atoms with van der Waals surface area (Å²) < 4.78 is 13.1. The Morgan fingerprint density at radius 2 is 2.26 bits per heavy atom. The fourth-order valence-electron chi connectivity index (χ4n) is 3.27. The third-order valence-corrected chi connectivity index (χ3v) is 4.48. The van der Waals surface area contributed by atoms with Crippen LogP contribution in [-0.4, -0.2) is 56.7 Å². The number of aryl methyl sites for hydroxylation is 1. The van der Waals surface area contributed by atoms with Crippen molar-refractivity contribution in [3.05, 3.63) is 53.6 Å². The molecule has 1 aromatic carbocycles. The van der Waals surface area contributed by atoms with E-state index in [-0.39, 0.29) is 12.0 Å². The summed E-state index contributed by atoms with van der Waals surface area (Å²) in [6.45, 7) is 5.83. The van der Waals surface area contributed by atoms with E-state index in [1.54, 1.807) is 15.5 Å². The van der Waals surface area contributed by atoms with Crippen LogP contribution in [0.1, 0.15) is 34.8 Å². The number of benzene rings is 1. The summed E-state index contributed by atoms with van der Waals surface area (Å²) in [5, 5.41) is 4.24. The first-order valence-corrected chi connectivity index (χ1v) is 8.96. The molecule has 1 amide bonds. The topological polar surface area (TPSA) is 81.8 Å². The van der Waals surface area contributed by atoms with E-state index in [1.807, 2.05) is 38.1 Å². The fraction of sp³-hybridized carbons (Fsp3) is 0.368. The minimum Gasteiger partial charge on any atom is -0.494 e. The molecule has 0 bridgehead atoms. The Balaban J connectivity index is 1.58. The Morgan fingerprint density at radius 3 is 3.11 bits per heavy atom. The van der Waals surface area contributed by atoms with Crippen molar-refractivity contribution in [2.45, 2.75) is 20.0 Å². The summed E-state index contributed by atoms with van der Waals surface area (Å²) in [4.78, 5) is 23.3. The monoisotopic (exact) mass is 367 g/mol. The van der Waals surface area contributed by atoms with Gasteiger partial charge in [0.25, 0.3) is 11.7 Å². The molecule has 3 aromatic rings. The van der Waals surface area contributed by atoms with Gasteiger partial charge in [-0.05, 0) is 38.1 Å². The predicted octanol–water partition coefficient (Wildman–Crippen LogP) is 2.05. The van der Waals surface area contributed by atoms with Crippen molar-refractivity contribution in [3.8, 4) is 5.75 Å². The molecule has 8 nitrogen and oxygen atoms in total. The Morgan fingerprint density at radius 1 is 1.37 bits per heavy atom. The van der Waals surface area contributed by atoms with Crippen molar-refractivity contribution in [3.63, 3.8) is 0 Å². The number of carbonyl (C=O) groups excluding carboxylic acids is 1. The summed E-state index contributed by atoms with van der Waals surface area (Å²) in [5.41, 5.74) is 2.29. The zero-order valence-electron chi connectivity index (χ0n) is 15.3. The van der Waals surface area contributed by atoms with Crippen molar-refractivity contribution in [2.24, 2.45) is 0 Å². The van der Waals surface area contributed by atoms with E-state index in [4.69, 9.17) is 9.47 Å². The number of amides is 1. The Bertz CT molecular complexity index is 971. The maximum Gasteiger partial charge on any atom is 0.254 e. The second-order valence-electron chi connectivity index (χ2n) is 6.37. The van der Waals surface area contributed by atoms with Crippen molar-refractivity contribution < 1.29 is 14.3 Å². The van der Waals surface area contributed by atoms with Gasteiger partial charge in [-0.3, -0.25) is 4.79 Å². The number of morpholine rings is 1. The molecular formula is C19H21N5O3. The summed E-state index contributed by atoms with van der Waals surface area (Å²) >= 11 is 0. The highest BCUT2D eigenvalue weighted by Gasteiger charge is 2.28. The first-order chi connectivity index (χ1) is 13.2. The molecule has 1 fully saturated rings. The quantitative estimate of drug-likeness (QED) is 0.702. The molecule has 1 atom stereocenters. The molecule has 3 heterocycles. The lowest BCUT2D eigenvalue weighted by Crippen LogP contribution is -2.42. The Kier molecular flexibility index (Phi) is 4.72. The van der Waals surface area contributed by atoms with Gasteiger partial charge in [0.15, 0.2) is 0 Å². The second-order valence-corrected chi connectivity index (χ2v) is 6.37. The van der Waals surface area contributed by atoms with Gasteiger partial charge >= 0.3 is 0 Å². The van der Waals surface area contributed by atoms with Crippen LogP contribution in [0.5, 0.6) is 5.75 Å². The molecule has 0 saturated carbocycles. The minimum atomic E-state index is -0.288. The van der Waals surface area contributed by atoms with Crippen LogP contribution in [0.25, 0.3) is 5.78 Å². The average molecular weight is 367 g/mol. The largest absolute Gasteiger partial charge is 0.494 e. The first-order valence-electron chi connectivity index (χ1n) is 8.96. The Labute approximate surface area is 156 Å². The van der Waals surface area contributed by atoms with Crippen LogP contribution in [0.3, 0.4) is 0 Å². The molecule has 2 aromatic heterocycles. The van der Waals surface area contributed by atoms with Gasteiger partial charge < -0.3 is 14.4 Å². The van der Waals surface area contributed by atoms with Gasteiger partial charge in [0, 0.05) is 17.8 Å². The van der Waals surface area contributed by atoms with E-state index in [1.165, 1.54) is 6.33 Å². The minimum absolute atomic E-state index is 0.0366. The van der Waals surface area contributed by atoms with Crippen LogP contribution in [0.4, 0.5) is 0 Å². The molecule has 27 heavy (non-hydrogen) atoms. The van der Waals surface area contributed by atoms with Gasteiger partial charge in [0.1, 0.15) is 18.2 Å². The number of hydrogen-bond acceptors (Lipinski definition) is 6. The van der Waals surface area contributed by atoms with Crippen LogP contribution in [0.15, 0.2) is 36.7 Å². The molecule has 1 saturated heterocycles. The van der Waals surface area contributed by atoms with Gasteiger partial charge in [-0.2, -0.15) is 14.6 Å². The first kappa shape index (κ1) is 17.4. The molecule has 1 aliphatic heterocycles. The summed E-state index contributed by atoms with van der Waals surface area (Å²) in [6.07, 6.45) is 1.18. The third-order valence-electron chi connectivity index (χ3n) is 4.48. The number of hydrogen-bond donors (Lipinski definition) is 0. The molecule has 0 N–H and O–H groups in total. The van der Waals surface area contributed by atoms with Crippen molar-refractivity contribution in [1.29, 1.82) is 0 Å². The van der Waals surface area contributed by atoms with Gasteiger partial charge in [-0.1, -0.05) is 6.07 Å². The highest BCUT2D eigenvalue weighted by atomic mass is 16.5. The standard InChI is InChI=1S/C19H21N5O3/c1-3-26-15-6-4-5-14(10-15)18(25)23-7-8-27-17(11-23)16-9-13(2)22-19-20-12-21-24(16)19/h4-6,9-10,12,17H,3,7-8,11H2,1-2H3. The summed E-state index contributed by atoms with van der Waals surface area (Å²) in [6, 6.07) is 9.20. The molecule has 1 unspecified atom stereocenters. The second kappa shape index (κ2) is 7.32. The molecule has 0 spiro atoms. The van der Waals surface area contributed by atoms with Crippen LogP contribution < -0.4 is 4.74 Å². The average Bonchev–Trinajstić information content (AvgIpc) is 3.15. The lowest BCUT2D eigenvalue weighted by Gasteiger charge is -2.33. The van der Waals surface area contributed by atoms with E-state index in [9.17, 15) is 4.79 Å².